The topological polar surface area (TPSA) is 122 Å². The molecule has 1 saturated carbocycles. The summed E-state index contributed by atoms with van der Waals surface area (Å²) < 4.78 is 33.8. The number of hydrogen-bond donors (Lipinski definition) is 3. The average Bonchev–Trinajstić information content (AvgIpc) is 3.60. The number of hydrogen-bond acceptors (Lipinski definition) is 8. The summed E-state index contributed by atoms with van der Waals surface area (Å²) in [5.74, 6) is 0.790. The fourth-order valence-electron chi connectivity index (χ4n) is 5.41. The second-order valence-electron chi connectivity index (χ2n) is 10.2. The summed E-state index contributed by atoms with van der Waals surface area (Å²) in [6.07, 6.45) is 7.26. The molecular weight excluding hydrogens is 522 g/mol. The fraction of sp³-hybridized carbons (Fsp3) is 0.519. The van der Waals surface area contributed by atoms with E-state index in [9.17, 15) is 13.2 Å². The van der Waals surface area contributed by atoms with Gasteiger partial charge in [0.05, 0.1) is 17.9 Å². The van der Waals surface area contributed by atoms with Crippen LogP contribution < -0.4 is 20.1 Å². The second-order valence-corrected chi connectivity index (χ2v) is 13.0. The molecule has 3 N–H and O–H groups in total. The van der Waals surface area contributed by atoms with Gasteiger partial charge in [-0.05, 0) is 68.0 Å². The Morgan fingerprint density at radius 2 is 1.79 bits per heavy atom. The number of anilines is 1. The van der Waals surface area contributed by atoms with Crippen molar-refractivity contribution in [1.29, 1.82) is 0 Å². The van der Waals surface area contributed by atoms with E-state index in [1.54, 1.807) is 37.4 Å². The van der Waals surface area contributed by atoms with Crippen LogP contribution in [0.1, 0.15) is 56.4 Å². The lowest BCUT2D eigenvalue weighted by Gasteiger charge is -2.23. The molecule has 0 spiro atoms. The second kappa shape index (κ2) is 12.1. The Labute approximate surface area is 227 Å². The Morgan fingerprint density at radius 1 is 1.05 bits per heavy atom. The van der Waals surface area contributed by atoms with Gasteiger partial charge in [-0.1, -0.05) is 49.2 Å². The van der Waals surface area contributed by atoms with E-state index >= 15 is 0 Å². The van der Waals surface area contributed by atoms with Gasteiger partial charge >= 0.3 is 0 Å². The minimum atomic E-state index is -3.61. The minimum absolute atomic E-state index is 0.137. The number of sulfonamides is 1. The molecule has 5 rings (SSSR count). The lowest BCUT2D eigenvalue weighted by molar-refractivity contribution is -0.118. The molecule has 1 unspecified atom stereocenters. The summed E-state index contributed by atoms with van der Waals surface area (Å²) in [7, 11) is -2.05. The van der Waals surface area contributed by atoms with Crippen molar-refractivity contribution in [3.05, 3.63) is 42.0 Å². The highest BCUT2D eigenvalue weighted by Crippen LogP contribution is 2.36. The van der Waals surface area contributed by atoms with Gasteiger partial charge in [0.15, 0.2) is 5.13 Å². The predicted octanol–water partition coefficient (Wildman–Crippen LogP) is 4.28. The summed E-state index contributed by atoms with van der Waals surface area (Å²) in [5.41, 5.74) is 1.51. The third kappa shape index (κ3) is 6.51. The van der Waals surface area contributed by atoms with E-state index in [-0.39, 0.29) is 10.8 Å². The van der Waals surface area contributed by atoms with Crippen molar-refractivity contribution in [1.82, 2.24) is 20.0 Å². The van der Waals surface area contributed by atoms with Gasteiger partial charge < -0.3 is 15.4 Å². The van der Waals surface area contributed by atoms with Crippen LogP contribution in [0.4, 0.5) is 5.13 Å². The molecule has 1 aromatic carbocycles. The van der Waals surface area contributed by atoms with E-state index in [2.05, 4.69) is 25.3 Å². The number of amides is 1. The Hall–Kier alpha value is -2.60. The van der Waals surface area contributed by atoms with Gasteiger partial charge in [-0.3, -0.25) is 4.79 Å². The highest BCUT2D eigenvalue weighted by atomic mass is 32.2. The van der Waals surface area contributed by atoms with Crippen LogP contribution in [0.25, 0.3) is 10.3 Å². The molecule has 1 amide bonds. The zero-order valence-corrected chi connectivity index (χ0v) is 23.2. The lowest BCUT2D eigenvalue weighted by Crippen LogP contribution is -2.36. The number of carbonyl (C=O) groups excluding carboxylic acids is 1. The first-order valence-electron chi connectivity index (χ1n) is 13.3. The number of carbonyl (C=O) groups is 1. The van der Waals surface area contributed by atoms with Crippen molar-refractivity contribution in [2.75, 3.05) is 32.1 Å². The summed E-state index contributed by atoms with van der Waals surface area (Å²) in [6.45, 7) is 2.29. The van der Waals surface area contributed by atoms with Crippen molar-refractivity contribution < 1.29 is 17.9 Å². The predicted molar refractivity (Wildman–Crippen MR) is 149 cm³/mol. The largest absolute Gasteiger partial charge is 0.481 e. The Bertz CT molecular complexity index is 1350. The molecule has 1 aliphatic carbocycles. The molecule has 1 atom stereocenters. The maximum absolute atomic E-state index is 13.5. The fourth-order valence-corrected chi connectivity index (χ4v) is 7.36. The SMILES string of the molecule is COc1ccc2nc(NC(=O)C(CC3CCCC3)c3ccc(S(=O)(=O)NCC4CCNCC4)cc3)sc2n1. The highest BCUT2D eigenvalue weighted by Gasteiger charge is 2.28. The van der Waals surface area contributed by atoms with Crippen molar-refractivity contribution in [3.8, 4) is 5.88 Å². The molecule has 0 radical (unpaired) electrons. The van der Waals surface area contributed by atoms with E-state index in [4.69, 9.17) is 4.74 Å². The molecule has 3 heterocycles. The van der Waals surface area contributed by atoms with Crippen molar-refractivity contribution in [2.24, 2.45) is 11.8 Å². The first-order chi connectivity index (χ1) is 18.4. The van der Waals surface area contributed by atoms with Crippen LogP contribution in [0.15, 0.2) is 41.3 Å². The van der Waals surface area contributed by atoms with Gasteiger partial charge in [0.25, 0.3) is 0 Å². The van der Waals surface area contributed by atoms with Gasteiger partial charge in [-0.2, -0.15) is 0 Å². The van der Waals surface area contributed by atoms with Crippen molar-refractivity contribution >= 4 is 42.7 Å². The molecule has 2 fully saturated rings. The van der Waals surface area contributed by atoms with Gasteiger partial charge in [-0.25, -0.2) is 23.1 Å². The Morgan fingerprint density at radius 3 is 2.50 bits per heavy atom. The maximum atomic E-state index is 13.5. The van der Waals surface area contributed by atoms with Crippen LogP contribution in [-0.2, 0) is 14.8 Å². The molecule has 2 aromatic heterocycles. The van der Waals surface area contributed by atoms with Crippen LogP contribution in [-0.4, -0.2) is 51.0 Å². The van der Waals surface area contributed by atoms with E-state index < -0.39 is 15.9 Å². The number of ether oxygens (including phenoxy) is 1. The summed E-state index contributed by atoms with van der Waals surface area (Å²) in [6, 6.07) is 10.4. The van der Waals surface area contributed by atoms with Crippen LogP contribution in [0.3, 0.4) is 0 Å². The van der Waals surface area contributed by atoms with Gasteiger partial charge in [0.1, 0.15) is 10.3 Å². The number of nitrogens with one attached hydrogen (secondary N) is 3. The number of rotatable bonds is 10. The standard InChI is InChI=1S/C27H35N5O4S2/c1-36-24-11-10-23-26(31-24)37-27(30-23)32-25(33)22(16-18-4-2-3-5-18)20-6-8-21(9-7-20)38(34,35)29-17-19-12-14-28-15-13-19/h6-11,18-19,22,28-29H,2-5,12-17H2,1H3,(H,30,32,33). The van der Waals surface area contributed by atoms with Crippen molar-refractivity contribution in [2.45, 2.75) is 55.8 Å². The average molecular weight is 558 g/mol. The quantitative estimate of drug-likeness (QED) is 0.340. The number of thiazole rings is 1. The van der Waals surface area contributed by atoms with Crippen molar-refractivity contribution in [3.63, 3.8) is 0 Å². The molecular formula is C27H35N5O4S2. The monoisotopic (exact) mass is 557 g/mol. The number of piperidine rings is 1. The first kappa shape index (κ1) is 27.0. The number of pyridine rings is 1. The zero-order valence-electron chi connectivity index (χ0n) is 21.6. The van der Waals surface area contributed by atoms with Gasteiger partial charge in [-0.15, -0.1) is 0 Å². The molecule has 204 valence electrons. The maximum Gasteiger partial charge on any atom is 0.240 e. The molecule has 2 aliphatic rings. The molecule has 0 bridgehead atoms. The van der Waals surface area contributed by atoms with E-state index in [1.807, 2.05) is 6.07 Å². The molecule has 11 heteroatoms. The van der Waals surface area contributed by atoms with Gasteiger partial charge in [0, 0.05) is 12.6 Å². The first-order valence-corrected chi connectivity index (χ1v) is 15.6. The Balaban J connectivity index is 1.31. The summed E-state index contributed by atoms with van der Waals surface area (Å²) in [4.78, 5) is 23.4. The number of nitrogens with zero attached hydrogens (tertiary/aromatic N) is 2. The molecule has 3 aromatic rings. The third-order valence-electron chi connectivity index (χ3n) is 7.64. The smallest absolute Gasteiger partial charge is 0.240 e. The lowest BCUT2D eigenvalue weighted by atomic mass is 9.87. The molecule has 1 aliphatic heterocycles. The number of benzene rings is 1. The molecule has 1 saturated heterocycles. The van der Waals surface area contributed by atoms with Crippen LogP contribution in [0.2, 0.25) is 0 Å². The number of methoxy groups -OCH3 is 1. The number of fused-ring (bicyclic) bond motifs is 1. The Kier molecular flexibility index (Phi) is 8.57. The van der Waals surface area contributed by atoms with Gasteiger partial charge in [0.2, 0.25) is 21.8 Å². The van der Waals surface area contributed by atoms with E-state index in [0.29, 0.717) is 39.7 Å². The highest BCUT2D eigenvalue weighted by molar-refractivity contribution is 7.89. The summed E-state index contributed by atoms with van der Waals surface area (Å²) in [5, 5.41) is 6.78. The van der Waals surface area contributed by atoms with Crippen LogP contribution in [0, 0.1) is 11.8 Å². The van der Waals surface area contributed by atoms with Crippen LogP contribution in [0.5, 0.6) is 5.88 Å². The minimum Gasteiger partial charge on any atom is -0.481 e. The zero-order chi connectivity index (χ0) is 26.5. The van der Waals surface area contributed by atoms with Crippen LogP contribution >= 0.6 is 11.3 Å². The summed E-state index contributed by atoms with van der Waals surface area (Å²) >= 11 is 1.31. The molecule has 9 nitrogen and oxygen atoms in total. The van der Waals surface area contributed by atoms with E-state index in [1.165, 1.54) is 24.2 Å². The number of aromatic nitrogens is 2. The van der Waals surface area contributed by atoms with E-state index in [0.717, 1.165) is 50.8 Å². The molecule has 38 heavy (non-hydrogen) atoms. The third-order valence-corrected chi connectivity index (χ3v) is 9.96. The normalized spacial score (nSPS) is 18.0.